The second-order valence-corrected chi connectivity index (χ2v) is 5.77. The number of thiazole rings is 1. The lowest BCUT2D eigenvalue weighted by Gasteiger charge is -2.31. The summed E-state index contributed by atoms with van der Waals surface area (Å²) in [6.07, 6.45) is 1.71. The molecule has 21 heavy (non-hydrogen) atoms. The molecular weight excluding hydrogens is 292 g/mol. The molecule has 1 unspecified atom stereocenters. The van der Waals surface area contributed by atoms with E-state index in [1.54, 1.807) is 30.5 Å². The maximum Gasteiger partial charge on any atom is 0.240 e. The molecule has 0 spiro atoms. The predicted molar refractivity (Wildman–Crippen MR) is 77.1 cm³/mol. The van der Waals surface area contributed by atoms with Gasteiger partial charge in [0.15, 0.2) is 0 Å². The lowest BCUT2D eigenvalue weighted by Crippen LogP contribution is -2.42. The molecular formula is C13H16N4O3S. The number of carbonyl (C=O) groups excluding carboxylic acids is 1. The number of aryl methyl sites for hydroxylation is 1. The summed E-state index contributed by atoms with van der Waals surface area (Å²) in [6.45, 7) is 4.09. The van der Waals surface area contributed by atoms with Crippen molar-refractivity contribution >= 4 is 23.1 Å². The number of aromatic nitrogens is 2. The summed E-state index contributed by atoms with van der Waals surface area (Å²) in [5, 5.41) is 9.31. The van der Waals surface area contributed by atoms with Crippen LogP contribution in [0.25, 0.3) is 0 Å². The van der Waals surface area contributed by atoms with Crippen molar-refractivity contribution in [1.82, 2.24) is 15.0 Å². The summed E-state index contributed by atoms with van der Waals surface area (Å²) in [5.74, 6) is 0.258. The zero-order chi connectivity index (χ0) is 14.7. The molecule has 8 heteroatoms. The van der Waals surface area contributed by atoms with E-state index < -0.39 is 0 Å². The van der Waals surface area contributed by atoms with Crippen LogP contribution in [0, 0.1) is 6.92 Å². The van der Waals surface area contributed by atoms with Gasteiger partial charge >= 0.3 is 0 Å². The van der Waals surface area contributed by atoms with Gasteiger partial charge < -0.3 is 9.26 Å². The standard InChI is InChI=1S/C13H16N4O3S/c1-9-6-12(20-16-9)15-11(18)8-17-3-4-19-10(7-17)13-14-2-5-21-13/h2,5-6,10H,3-4,7-8H2,1H3,(H,15,18). The molecule has 1 aliphatic heterocycles. The number of anilines is 1. The first-order chi connectivity index (χ1) is 10.2. The van der Waals surface area contributed by atoms with E-state index in [1.807, 2.05) is 10.3 Å². The molecule has 1 atom stereocenters. The summed E-state index contributed by atoms with van der Waals surface area (Å²) in [5.41, 5.74) is 0.737. The van der Waals surface area contributed by atoms with Gasteiger partial charge in [0.1, 0.15) is 11.1 Å². The summed E-state index contributed by atoms with van der Waals surface area (Å²) in [6, 6.07) is 1.69. The van der Waals surface area contributed by atoms with E-state index >= 15 is 0 Å². The Kier molecular flexibility index (Phi) is 4.28. The molecule has 7 nitrogen and oxygen atoms in total. The Morgan fingerprint density at radius 2 is 2.52 bits per heavy atom. The third-order valence-electron chi connectivity index (χ3n) is 3.14. The number of amides is 1. The van der Waals surface area contributed by atoms with Crippen LogP contribution in [-0.2, 0) is 9.53 Å². The molecule has 3 rings (SSSR count). The number of nitrogens with one attached hydrogen (secondary N) is 1. The monoisotopic (exact) mass is 308 g/mol. The van der Waals surface area contributed by atoms with Gasteiger partial charge in [0.25, 0.3) is 0 Å². The SMILES string of the molecule is Cc1cc(NC(=O)CN2CCOC(c3nccs3)C2)on1. The maximum atomic E-state index is 12.0. The smallest absolute Gasteiger partial charge is 0.240 e. The summed E-state index contributed by atoms with van der Waals surface area (Å²) >= 11 is 1.57. The molecule has 1 aliphatic rings. The number of morpholine rings is 1. The van der Waals surface area contributed by atoms with Crippen LogP contribution in [0.3, 0.4) is 0 Å². The van der Waals surface area contributed by atoms with Crippen molar-refractivity contribution in [3.63, 3.8) is 0 Å². The average Bonchev–Trinajstić information content (AvgIpc) is 3.11. The van der Waals surface area contributed by atoms with Gasteiger partial charge in [0.05, 0.1) is 18.8 Å². The molecule has 0 saturated carbocycles. The third-order valence-corrected chi connectivity index (χ3v) is 4.00. The molecule has 112 valence electrons. The second kappa shape index (κ2) is 6.33. The molecule has 0 bridgehead atoms. The molecule has 1 N–H and O–H groups in total. The number of carbonyl (C=O) groups is 1. The summed E-state index contributed by atoms with van der Waals surface area (Å²) in [7, 11) is 0. The Labute approximate surface area is 125 Å². The van der Waals surface area contributed by atoms with Gasteiger partial charge in [0.2, 0.25) is 11.8 Å². The van der Waals surface area contributed by atoms with Gasteiger partial charge in [-0.3, -0.25) is 15.0 Å². The highest BCUT2D eigenvalue weighted by atomic mass is 32.1. The maximum absolute atomic E-state index is 12.0. The fourth-order valence-electron chi connectivity index (χ4n) is 2.19. The van der Waals surface area contributed by atoms with Crippen molar-refractivity contribution in [1.29, 1.82) is 0 Å². The Balaban J connectivity index is 1.53. The fraction of sp³-hybridized carbons (Fsp3) is 0.462. The predicted octanol–water partition coefficient (Wildman–Crippen LogP) is 1.45. The zero-order valence-electron chi connectivity index (χ0n) is 11.6. The van der Waals surface area contributed by atoms with E-state index in [-0.39, 0.29) is 12.0 Å². The van der Waals surface area contributed by atoms with Crippen LogP contribution in [0.5, 0.6) is 0 Å². The van der Waals surface area contributed by atoms with Gasteiger partial charge in [-0.05, 0) is 6.92 Å². The van der Waals surface area contributed by atoms with Crippen LogP contribution >= 0.6 is 11.3 Å². The topological polar surface area (TPSA) is 80.5 Å². The molecule has 0 aromatic carbocycles. The zero-order valence-corrected chi connectivity index (χ0v) is 12.4. The number of nitrogens with zero attached hydrogens (tertiary/aromatic N) is 3. The molecule has 0 aliphatic carbocycles. The molecule has 1 saturated heterocycles. The van der Waals surface area contributed by atoms with E-state index in [9.17, 15) is 4.79 Å². The van der Waals surface area contributed by atoms with Crippen LogP contribution < -0.4 is 5.32 Å². The molecule has 3 heterocycles. The molecule has 0 radical (unpaired) electrons. The van der Waals surface area contributed by atoms with Crippen LogP contribution in [-0.4, -0.2) is 47.2 Å². The van der Waals surface area contributed by atoms with Crippen molar-refractivity contribution in [2.45, 2.75) is 13.0 Å². The number of hydrogen-bond donors (Lipinski definition) is 1. The fourth-order valence-corrected chi connectivity index (χ4v) is 2.87. The Morgan fingerprint density at radius 1 is 1.62 bits per heavy atom. The molecule has 2 aromatic rings. The summed E-state index contributed by atoms with van der Waals surface area (Å²) in [4.78, 5) is 18.3. The quantitative estimate of drug-likeness (QED) is 0.921. The van der Waals surface area contributed by atoms with Gasteiger partial charge in [-0.25, -0.2) is 4.98 Å². The highest BCUT2D eigenvalue weighted by Crippen LogP contribution is 2.23. The Bertz CT molecular complexity index is 598. The van der Waals surface area contributed by atoms with Crippen molar-refractivity contribution < 1.29 is 14.1 Å². The van der Waals surface area contributed by atoms with Gasteiger partial charge in [-0.2, -0.15) is 0 Å². The van der Waals surface area contributed by atoms with Gasteiger partial charge in [0, 0.05) is 30.7 Å². The van der Waals surface area contributed by atoms with Gasteiger partial charge in [-0.1, -0.05) is 5.16 Å². The van der Waals surface area contributed by atoms with Crippen molar-refractivity contribution in [3.05, 3.63) is 28.3 Å². The van der Waals surface area contributed by atoms with Crippen molar-refractivity contribution in [2.75, 3.05) is 31.6 Å². The lowest BCUT2D eigenvalue weighted by atomic mass is 10.3. The van der Waals surface area contributed by atoms with Crippen LogP contribution in [0.4, 0.5) is 5.88 Å². The van der Waals surface area contributed by atoms with Gasteiger partial charge in [-0.15, -0.1) is 11.3 Å². The first-order valence-electron chi connectivity index (χ1n) is 6.67. The first-order valence-corrected chi connectivity index (χ1v) is 7.55. The largest absolute Gasteiger partial charge is 0.368 e. The Hall–Kier alpha value is -1.77. The molecule has 1 fully saturated rings. The third kappa shape index (κ3) is 3.66. The lowest BCUT2D eigenvalue weighted by molar-refractivity contribution is -0.119. The van der Waals surface area contributed by atoms with Crippen LogP contribution in [0.2, 0.25) is 0 Å². The number of rotatable bonds is 4. The highest BCUT2D eigenvalue weighted by molar-refractivity contribution is 7.09. The van der Waals surface area contributed by atoms with Crippen LogP contribution in [0.1, 0.15) is 16.8 Å². The number of ether oxygens (including phenoxy) is 1. The van der Waals surface area contributed by atoms with E-state index in [0.717, 1.165) is 17.2 Å². The van der Waals surface area contributed by atoms with Crippen molar-refractivity contribution in [3.8, 4) is 0 Å². The molecule has 1 amide bonds. The minimum absolute atomic E-state index is 0.0564. The summed E-state index contributed by atoms with van der Waals surface area (Å²) < 4.78 is 10.7. The molecule has 2 aromatic heterocycles. The highest BCUT2D eigenvalue weighted by Gasteiger charge is 2.25. The minimum atomic E-state index is -0.120. The van der Waals surface area contributed by atoms with E-state index in [2.05, 4.69) is 15.5 Å². The Morgan fingerprint density at radius 3 is 3.24 bits per heavy atom. The van der Waals surface area contributed by atoms with E-state index in [1.165, 1.54) is 0 Å². The number of hydrogen-bond acceptors (Lipinski definition) is 7. The minimum Gasteiger partial charge on any atom is -0.368 e. The van der Waals surface area contributed by atoms with E-state index in [0.29, 0.717) is 25.6 Å². The second-order valence-electron chi connectivity index (χ2n) is 4.85. The normalized spacial score (nSPS) is 19.6. The first kappa shape index (κ1) is 14.2. The average molecular weight is 308 g/mol. The van der Waals surface area contributed by atoms with Crippen LogP contribution in [0.15, 0.2) is 22.2 Å². The van der Waals surface area contributed by atoms with E-state index in [4.69, 9.17) is 9.26 Å². The van der Waals surface area contributed by atoms with Crippen molar-refractivity contribution in [2.24, 2.45) is 0 Å².